The molecule has 2 aromatic rings. The molecule has 0 aliphatic carbocycles. The molecule has 0 N–H and O–H groups in total. The van der Waals surface area contributed by atoms with E-state index in [1.807, 2.05) is 45.0 Å². The Labute approximate surface area is 131 Å². The van der Waals surface area contributed by atoms with Crippen molar-refractivity contribution >= 4 is 0 Å². The maximum Gasteiger partial charge on any atom is 0.127 e. The fraction of sp³-hybridized carbons (Fsp3) is 0.333. The monoisotopic (exact) mass is 306 g/mol. The molecule has 0 radical (unpaired) electrons. The van der Waals surface area contributed by atoms with E-state index in [-0.39, 0.29) is 6.61 Å². The van der Waals surface area contributed by atoms with Crippen LogP contribution in [0.25, 0.3) is 0 Å². The summed E-state index contributed by atoms with van der Waals surface area (Å²) in [5, 5.41) is 0. The summed E-state index contributed by atoms with van der Waals surface area (Å²) < 4.78 is 28.2. The number of alkyl halides is 1. The zero-order valence-electron chi connectivity index (χ0n) is 13.3. The largest absolute Gasteiger partial charge is 0.494 e. The molecule has 0 heterocycles. The van der Waals surface area contributed by atoms with Crippen LogP contribution in [0.5, 0.6) is 23.0 Å². The molecule has 0 aliphatic heterocycles. The first-order valence-corrected chi connectivity index (χ1v) is 7.51. The molecule has 0 saturated carbocycles. The fourth-order valence-corrected chi connectivity index (χ4v) is 1.67. The molecule has 0 atom stereocenters. The lowest BCUT2D eigenvalue weighted by molar-refractivity contribution is 0.273. The molecular weight excluding hydrogens is 283 g/mol. The van der Waals surface area contributed by atoms with Crippen LogP contribution in [-0.4, -0.2) is 19.9 Å². The van der Waals surface area contributed by atoms with Crippen LogP contribution >= 0.6 is 0 Å². The highest BCUT2D eigenvalue weighted by Gasteiger charge is 1.99. The van der Waals surface area contributed by atoms with Crippen molar-refractivity contribution in [3.63, 3.8) is 0 Å². The molecule has 0 unspecified atom stereocenters. The number of rotatable bonds is 7. The van der Waals surface area contributed by atoms with Crippen molar-refractivity contribution in [2.45, 2.75) is 20.8 Å². The van der Waals surface area contributed by atoms with Gasteiger partial charge < -0.3 is 14.2 Å². The Balaban J connectivity index is 0.00000116. The van der Waals surface area contributed by atoms with Gasteiger partial charge in [0.15, 0.2) is 0 Å². The Morgan fingerprint density at radius 2 is 1.14 bits per heavy atom. The molecule has 0 aliphatic rings. The van der Waals surface area contributed by atoms with Crippen molar-refractivity contribution < 1.29 is 18.6 Å². The summed E-state index contributed by atoms with van der Waals surface area (Å²) in [4.78, 5) is 0. The zero-order chi connectivity index (χ0) is 16.2. The number of hydrogen-bond donors (Lipinski definition) is 0. The van der Waals surface area contributed by atoms with Crippen molar-refractivity contribution in [1.82, 2.24) is 0 Å². The number of ether oxygens (including phenoxy) is 3. The van der Waals surface area contributed by atoms with Crippen LogP contribution in [-0.2, 0) is 0 Å². The van der Waals surface area contributed by atoms with Crippen molar-refractivity contribution in [2.24, 2.45) is 0 Å². The van der Waals surface area contributed by atoms with Gasteiger partial charge in [-0.15, -0.1) is 0 Å². The van der Waals surface area contributed by atoms with Crippen LogP contribution in [0.2, 0.25) is 0 Å². The highest BCUT2D eigenvalue weighted by atomic mass is 19.1. The second kappa shape index (κ2) is 10.5. The Kier molecular flexibility index (Phi) is 8.50. The Morgan fingerprint density at radius 3 is 1.55 bits per heavy atom. The van der Waals surface area contributed by atoms with Crippen molar-refractivity contribution in [3.05, 3.63) is 48.5 Å². The standard InChI is InChI=1S/C16H17FO3.C2H6/c1-2-18-13-3-7-15(8-4-13)20-16-9-5-14(6-10-16)19-12-11-17;1-2/h3-10H,2,11-12H2,1H3;1-2H3. The van der Waals surface area contributed by atoms with E-state index < -0.39 is 6.67 Å². The lowest BCUT2D eigenvalue weighted by atomic mass is 10.3. The molecular formula is C18H23FO3. The maximum absolute atomic E-state index is 12.0. The smallest absolute Gasteiger partial charge is 0.127 e. The number of halogens is 1. The summed E-state index contributed by atoms with van der Waals surface area (Å²) in [6.45, 7) is 6.15. The second-order valence-corrected chi connectivity index (χ2v) is 4.02. The fourth-order valence-electron chi connectivity index (χ4n) is 1.67. The predicted octanol–water partition coefficient (Wildman–Crippen LogP) is 5.25. The molecule has 22 heavy (non-hydrogen) atoms. The molecule has 0 aromatic heterocycles. The van der Waals surface area contributed by atoms with Gasteiger partial charge in [0.2, 0.25) is 0 Å². The van der Waals surface area contributed by atoms with Gasteiger partial charge in [0, 0.05) is 0 Å². The maximum atomic E-state index is 12.0. The SMILES string of the molecule is CC.CCOc1ccc(Oc2ccc(OCCF)cc2)cc1. The lowest BCUT2D eigenvalue weighted by Crippen LogP contribution is -1.98. The van der Waals surface area contributed by atoms with E-state index >= 15 is 0 Å². The van der Waals surface area contributed by atoms with E-state index in [0.717, 1.165) is 11.5 Å². The van der Waals surface area contributed by atoms with Gasteiger partial charge in [0.1, 0.15) is 36.3 Å². The molecule has 120 valence electrons. The second-order valence-electron chi connectivity index (χ2n) is 4.02. The van der Waals surface area contributed by atoms with E-state index in [9.17, 15) is 4.39 Å². The highest BCUT2D eigenvalue weighted by Crippen LogP contribution is 2.25. The first-order valence-electron chi connectivity index (χ1n) is 7.51. The third-order valence-corrected chi connectivity index (χ3v) is 2.54. The predicted molar refractivity (Wildman–Crippen MR) is 86.9 cm³/mol. The highest BCUT2D eigenvalue weighted by molar-refractivity contribution is 5.37. The van der Waals surface area contributed by atoms with Gasteiger partial charge in [-0.1, -0.05) is 13.8 Å². The molecule has 4 heteroatoms. The van der Waals surface area contributed by atoms with Gasteiger partial charge in [0.25, 0.3) is 0 Å². The average molecular weight is 306 g/mol. The average Bonchev–Trinajstić information content (AvgIpc) is 2.58. The molecule has 0 bridgehead atoms. The quantitative estimate of drug-likeness (QED) is 0.699. The zero-order valence-corrected chi connectivity index (χ0v) is 13.3. The summed E-state index contributed by atoms with van der Waals surface area (Å²) in [5.41, 5.74) is 0. The molecule has 0 fully saturated rings. The number of benzene rings is 2. The third-order valence-electron chi connectivity index (χ3n) is 2.54. The van der Waals surface area contributed by atoms with Crippen LogP contribution in [0.15, 0.2) is 48.5 Å². The van der Waals surface area contributed by atoms with Gasteiger partial charge >= 0.3 is 0 Å². The Hall–Kier alpha value is -2.23. The third kappa shape index (κ3) is 6.04. The summed E-state index contributed by atoms with van der Waals surface area (Å²) in [6, 6.07) is 14.5. The summed E-state index contributed by atoms with van der Waals surface area (Å²) in [5.74, 6) is 2.86. The summed E-state index contributed by atoms with van der Waals surface area (Å²) in [7, 11) is 0. The van der Waals surface area contributed by atoms with Gasteiger partial charge in [-0.05, 0) is 55.5 Å². The van der Waals surface area contributed by atoms with Crippen LogP contribution < -0.4 is 14.2 Å². The van der Waals surface area contributed by atoms with E-state index in [4.69, 9.17) is 14.2 Å². The van der Waals surface area contributed by atoms with E-state index in [0.29, 0.717) is 18.1 Å². The van der Waals surface area contributed by atoms with Crippen LogP contribution in [0.3, 0.4) is 0 Å². The Bertz CT molecular complexity index is 509. The van der Waals surface area contributed by atoms with Gasteiger partial charge in [-0.2, -0.15) is 0 Å². The van der Waals surface area contributed by atoms with Gasteiger partial charge in [-0.3, -0.25) is 0 Å². The topological polar surface area (TPSA) is 27.7 Å². The molecule has 3 nitrogen and oxygen atoms in total. The van der Waals surface area contributed by atoms with Crippen LogP contribution in [0, 0.1) is 0 Å². The van der Waals surface area contributed by atoms with Crippen molar-refractivity contribution in [2.75, 3.05) is 19.9 Å². The molecule has 2 aromatic carbocycles. The minimum atomic E-state index is -0.496. The van der Waals surface area contributed by atoms with Crippen LogP contribution in [0.1, 0.15) is 20.8 Å². The molecule has 0 spiro atoms. The van der Waals surface area contributed by atoms with E-state index in [2.05, 4.69) is 0 Å². The minimum Gasteiger partial charge on any atom is -0.494 e. The first-order chi connectivity index (χ1) is 10.8. The molecule has 0 amide bonds. The molecule has 0 saturated heterocycles. The van der Waals surface area contributed by atoms with Gasteiger partial charge in [0.05, 0.1) is 6.61 Å². The number of hydrogen-bond acceptors (Lipinski definition) is 3. The Morgan fingerprint density at radius 1 is 0.727 bits per heavy atom. The minimum absolute atomic E-state index is 0.0685. The van der Waals surface area contributed by atoms with E-state index in [1.165, 1.54) is 0 Å². The van der Waals surface area contributed by atoms with Crippen molar-refractivity contribution in [3.8, 4) is 23.0 Å². The lowest BCUT2D eigenvalue weighted by Gasteiger charge is -2.08. The van der Waals surface area contributed by atoms with Crippen LogP contribution in [0.4, 0.5) is 4.39 Å². The summed E-state index contributed by atoms with van der Waals surface area (Å²) in [6.07, 6.45) is 0. The van der Waals surface area contributed by atoms with Gasteiger partial charge in [-0.25, -0.2) is 4.39 Å². The molecule has 2 rings (SSSR count). The summed E-state index contributed by atoms with van der Waals surface area (Å²) >= 11 is 0. The normalized spacial score (nSPS) is 9.45. The van der Waals surface area contributed by atoms with E-state index in [1.54, 1.807) is 24.3 Å². The first kappa shape index (κ1) is 17.8. The van der Waals surface area contributed by atoms with Crippen molar-refractivity contribution in [1.29, 1.82) is 0 Å².